The van der Waals surface area contributed by atoms with E-state index in [2.05, 4.69) is 10.6 Å². The average Bonchev–Trinajstić information content (AvgIpc) is 2.64. The number of halogens is 1. The number of anilines is 1. The van der Waals surface area contributed by atoms with Gasteiger partial charge in [0.1, 0.15) is 0 Å². The standard InChI is InChI=1S/C13H12ClN3O4/c1-17-11(19)8-3-2-7(6-9(8)12(17)20)15-13(21)16-10(18)4-5-14/h2-3,6H,4-5H2,1H3,(H2,15,16,18,21). The van der Waals surface area contributed by atoms with Crippen LogP contribution in [0.4, 0.5) is 10.5 Å². The summed E-state index contributed by atoms with van der Waals surface area (Å²) in [5.74, 6) is -1.21. The maximum atomic E-state index is 11.8. The van der Waals surface area contributed by atoms with Gasteiger partial charge in [-0.3, -0.25) is 24.6 Å². The minimum Gasteiger partial charge on any atom is -0.308 e. The zero-order valence-electron chi connectivity index (χ0n) is 11.1. The summed E-state index contributed by atoms with van der Waals surface area (Å²) in [5, 5.41) is 4.51. The van der Waals surface area contributed by atoms with Crippen molar-refractivity contribution in [2.45, 2.75) is 6.42 Å². The lowest BCUT2D eigenvalue weighted by Gasteiger charge is -2.06. The van der Waals surface area contributed by atoms with Gasteiger partial charge < -0.3 is 5.32 Å². The number of carbonyl (C=O) groups is 4. The first-order valence-corrected chi connectivity index (χ1v) is 6.60. The number of urea groups is 1. The predicted molar refractivity (Wildman–Crippen MR) is 75.4 cm³/mol. The van der Waals surface area contributed by atoms with Gasteiger partial charge in [-0.25, -0.2) is 4.79 Å². The van der Waals surface area contributed by atoms with Gasteiger partial charge in [-0.1, -0.05) is 0 Å². The molecule has 1 aromatic rings. The second-order valence-corrected chi connectivity index (χ2v) is 4.75. The van der Waals surface area contributed by atoms with Crippen molar-refractivity contribution in [1.29, 1.82) is 0 Å². The van der Waals surface area contributed by atoms with Gasteiger partial charge in [0, 0.05) is 25.0 Å². The van der Waals surface area contributed by atoms with Gasteiger partial charge in [-0.2, -0.15) is 0 Å². The lowest BCUT2D eigenvalue weighted by Crippen LogP contribution is -2.34. The van der Waals surface area contributed by atoms with Crippen molar-refractivity contribution < 1.29 is 19.2 Å². The second-order valence-electron chi connectivity index (χ2n) is 4.37. The Hall–Kier alpha value is -2.41. The number of amides is 5. The van der Waals surface area contributed by atoms with Crippen molar-refractivity contribution in [1.82, 2.24) is 10.2 Å². The summed E-state index contributed by atoms with van der Waals surface area (Å²) in [6.45, 7) is 0. The summed E-state index contributed by atoms with van der Waals surface area (Å²) in [4.78, 5) is 47.3. The van der Waals surface area contributed by atoms with Gasteiger partial charge in [0.15, 0.2) is 0 Å². The number of hydrogen-bond donors (Lipinski definition) is 2. The van der Waals surface area contributed by atoms with Crippen molar-refractivity contribution in [2.24, 2.45) is 0 Å². The van der Waals surface area contributed by atoms with Gasteiger partial charge in [0.25, 0.3) is 11.8 Å². The molecule has 21 heavy (non-hydrogen) atoms. The molecule has 1 aliphatic rings. The molecular formula is C13H12ClN3O4. The van der Waals surface area contributed by atoms with E-state index in [0.717, 1.165) is 4.90 Å². The van der Waals surface area contributed by atoms with E-state index in [1.165, 1.54) is 25.2 Å². The predicted octanol–water partition coefficient (Wildman–Crippen LogP) is 1.19. The third kappa shape index (κ3) is 3.03. The van der Waals surface area contributed by atoms with E-state index in [1.807, 2.05) is 0 Å². The number of fused-ring (bicyclic) bond motifs is 1. The van der Waals surface area contributed by atoms with Gasteiger partial charge in [0.2, 0.25) is 5.91 Å². The van der Waals surface area contributed by atoms with Crippen LogP contribution in [0.2, 0.25) is 0 Å². The van der Waals surface area contributed by atoms with E-state index < -0.39 is 17.8 Å². The van der Waals surface area contributed by atoms with E-state index in [1.54, 1.807) is 0 Å². The second kappa shape index (κ2) is 5.92. The lowest BCUT2D eigenvalue weighted by molar-refractivity contribution is -0.119. The van der Waals surface area contributed by atoms with Crippen molar-refractivity contribution in [2.75, 3.05) is 18.2 Å². The highest BCUT2D eigenvalue weighted by molar-refractivity contribution is 6.21. The summed E-state index contributed by atoms with van der Waals surface area (Å²) in [5.41, 5.74) is 0.806. The molecule has 0 saturated carbocycles. The minimum atomic E-state index is -0.727. The van der Waals surface area contributed by atoms with E-state index in [0.29, 0.717) is 5.69 Å². The van der Waals surface area contributed by atoms with Crippen LogP contribution in [-0.2, 0) is 4.79 Å². The van der Waals surface area contributed by atoms with Crippen LogP contribution in [0.3, 0.4) is 0 Å². The Balaban J connectivity index is 2.10. The van der Waals surface area contributed by atoms with Crippen LogP contribution in [-0.4, -0.2) is 41.6 Å². The zero-order chi connectivity index (χ0) is 15.6. The van der Waals surface area contributed by atoms with Gasteiger partial charge >= 0.3 is 6.03 Å². The molecule has 2 N–H and O–H groups in total. The maximum Gasteiger partial charge on any atom is 0.325 e. The fourth-order valence-corrected chi connectivity index (χ4v) is 2.05. The molecule has 0 unspecified atom stereocenters. The summed E-state index contributed by atoms with van der Waals surface area (Å²) < 4.78 is 0. The smallest absolute Gasteiger partial charge is 0.308 e. The molecule has 0 aliphatic carbocycles. The zero-order valence-corrected chi connectivity index (χ0v) is 11.9. The summed E-state index contributed by atoms with van der Waals surface area (Å²) >= 11 is 5.38. The Morgan fingerprint density at radius 1 is 1.19 bits per heavy atom. The largest absolute Gasteiger partial charge is 0.325 e. The molecule has 0 spiro atoms. The molecule has 0 bridgehead atoms. The normalized spacial score (nSPS) is 13.1. The Morgan fingerprint density at radius 2 is 1.86 bits per heavy atom. The van der Waals surface area contributed by atoms with Gasteiger partial charge in [-0.15, -0.1) is 11.6 Å². The average molecular weight is 310 g/mol. The molecular weight excluding hydrogens is 298 g/mol. The summed E-state index contributed by atoms with van der Waals surface area (Å²) in [6, 6.07) is 3.60. The molecule has 0 radical (unpaired) electrons. The van der Waals surface area contributed by atoms with Crippen LogP contribution >= 0.6 is 11.6 Å². The lowest BCUT2D eigenvalue weighted by atomic mass is 10.1. The van der Waals surface area contributed by atoms with Crippen LogP contribution in [0.25, 0.3) is 0 Å². The molecule has 1 aromatic carbocycles. The van der Waals surface area contributed by atoms with Crippen LogP contribution in [0.1, 0.15) is 27.1 Å². The first-order chi connectivity index (χ1) is 9.93. The van der Waals surface area contributed by atoms with Crippen LogP contribution < -0.4 is 10.6 Å². The third-order valence-corrected chi connectivity index (χ3v) is 3.11. The SMILES string of the molecule is CN1C(=O)c2ccc(NC(=O)NC(=O)CCCl)cc2C1=O. The molecule has 7 nitrogen and oxygen atoms in total. The van der Waals surface area contributed by atoms with Crippen LogP contribution in [0, 0.1) is 0 Å². The maximum absolute atomic E-state index is 11.8. The van der Waals surface area contributed by atoms with Crippen LogP contribution in [0.15, 0.2) is 18.2 Å². The molecule has 0 atom stereocenters. The first kappa shape index (κ1) is 15.0. The molecule has 1 heterocycles. The quantitative estimate of drug-likeness (QED) is 0.647. The van der Waals surface area contributed by atoms with E-state index in [-0.39, 0.29) is 29.3 Å². The number of hydrogen-bond acceptors (Lipinski definition) is 4. The highest BCUT2D eigenvalue weighted by atomic mass is 35.5. The summed E-state index contributed by atoms with van der Waals surface area (Å²) in [7, 11) is 1.38. The third-order valence-electron chi connectivity index (χ3n) is 2.92. The monoisotopic (exact) mass is 309 g/mol. The molecule has 5 amide bonds. The van der Waals surface area contributed by atoms with Gasteiger partial charge in [0.05, 0.1) is 11.1 Å². The van der Waals surface area contributed by atoms with E-state index >= 15 is 0 Å². The van der Waals surface area contributed by atoms with Crippen LogP contribution in [0.5, 0.6) is 0 Å². The Kier molecular flexibility index (Phi) is 4.23. The van der Waals surface area contributed by atoms with E-state index in [9.17, 15) is 19.2 Å². The van der Waals surface area contributed by atoms with Crippen molar-refractivity contribution in [3.05, 3.63) is 29.3 Å². The van der Waals surface area contributed by atoms with Crippen molar-refractivity contribution in [3.8, 4) is 0 Å². The number of nitrogens with one attached hydrogen (secondary N) is 2. The molecule has 0 aromatic heterocycles. The number of alkyl halides is 1. The minimum absolute atomic E-state index is 0.0247. The van der Waals surface area contributed by atoms with Crippen molar-refractivity contribution in [3.63, 3.8) is 0 Å². The Labute approximate surface area is 125 Å². The summed E-state index contributed by atoms with van der Waals surface area (Å²) in [6.07, 6.45) is 0.0247. The highest BCUT2D eigenvalue weighted by Crippen LogP contribution is 2.24. The molecule has 8 heteroatoms. The molecule has 0 fully saturated rings. The first-order valence-electron chi connectivity index (χ1n) is 6.07. The highest BCUT2D eigenvalue weighted by Gasteiger charge is 2.32. The fourth-order valence-electron chi connectivity index (χ4n) is 1.88. The number of imide groups is 2. The topological polar surface area (TPSA) is 95.6 Å². The molecule has 1 aliphatic heterocycles. The van der Waals surface area contributed by atoms with Crippen molar-refractivity contribution >= 4 is 41.0 Å². The molecule has 0 saturated heterocycles. The number of nitrogens with zero attached hydrogens (tertiary/aromatic N) is 1. The molecule has 110 valence electrons. The Morgan fingerprint density at radius 3 is 2.52 bits per heavy atom. The number of benzene rings is 1. The fraction of sp³-hybridized carbons (Fsp3) is 0.231. The number of carbonyl (C=O) groups excluding carboxylic acids is 4. The van der Waals surface area contributed by atoms with Gasteiger partial charge in [-0.05, 0) is 18.2 Å². The molecule has 2 rings (SSSR count). The number of rotatable bonds is 3. The Bertz CT molecular complexity index is 644. The van der Waals surface area contributed by atoms with E-state index in [4.69, 9.17) is 11.6 Å².